The number of rotatable bonds is 15. The molecule has 0 aromatic heterocycles. The number of hydrogen-bond donors (Lipinski definition) is 8. The summed E-state index contributed by atoms with van der Waals surface area (Å²) >= 11 is 1.47. The third-order valence-electron chi connectivity index (χ3n) is 4.79. The normalized spacial score (nSPS) is 14.1. The monoisotopic (exact) mass is 514 g/mol. The summed E-state index contributed by atoms with van der Waals surface area (Å²) in [7, 11) is 0. The van der Waals surface area contributed by atoms with Gasteiger partial charge in [-0.15, -0.1) is 0 Å². The topological polar surface area (TPSA) is 228 Å². The zero-order valence-corrected chi connectivity index (χ0v) is 19.8. The summed E-state index contributed by atoms with van der Waals surface area (Å²) in [6.45, 7) is -0.808. The molecule has 3 amide bonds. The first kappa shape index (κ1) is 29.7. The fourth-order valence-corrected chi connectivity index (χ4v) is 3.33. The number of carboxylic acids is 2. The Morgan fingerprint density at radius 3 is 1.97 bits per heavy atom. The van der Waals surface area contributed by atoms with Crippen LogP contribution in [0.15, 0.2) is 24.3 Å². The molecular weight excluding hydrogens is 484 g/mol. The molecule has 13 nitrogen and oxygen atoms in total. The summed E-state index contributed by atoms with van der Waals surface area (Å²) in [6, 6.07) is 0.0564. The van der Waals surface area contributed by atoms with E-state index in [-0.39, 0.29) is 12.2 Å². The Labute approximate surface area is 205 Å². The van der Waals surface area contributed by atoms with E-state index in [0.29, 0.717) is 17.7 Å². The van der Waals surface area contributed by atoms with Crippen LogP contribution in [0.25, 0.3) is 0 Å². The molecule has 1 aromatic carbocycles. The minimum atomic E-state index is -1.76. The molecule has 0 bridgehead atoms. The molecule has 0 radical (unpaired) electrons. The third-order valence-corrected chi connectivity index (χ3v) is 5.43. The standard InChI is InChI=1S/C21H30N4O9S/c1-35-7-6-13(22)18(30)25-16(10-26)20(32)23-14(8-11-2-4-12(27)5-3-11)19(31)24-15(21(33)34)9-17(28)29/h2-5,13-16,26-27H,6-10,22H2,1H3,(H,23,32)(H,24,31)(H,25,30)(H,28,29)(H,33,34). The predicted molar refractivity (Wildman–Crippen MR) is 126 cm³/mol. The number of nitrogens with one attached hydrogen (secondary N) is 3. The van der Waals surface area contributed by atoms with Crippen LogP contribution in [0.4, 0.5) is 0 Å². The molecule has 9 N–H and O–H groups in total. The van der Waals surface area contributed by atoms with Crippen molar-refractivity contribution in [2.75, 3.05) is 18.6 Å². The minimum Gasteiger partial charge on any atom is -0.508 e. The number of thioether (sulfide) groups is 1. The molecule has 4 atom stereocenters. The number of amides is 3. The van der Waals surface area contributed by atoms with Crippen LogP contribution in [0.1, 0.15) is 18.4 Å². The van der Waals surface area contributed by atoms with Crippen LogP contribution in [0.5, 0.6) is 5.75 Å². The highest BCUT2D eigenvalue weighted by Crippen LogP contribution is 2.12. The number of carbonyl (C=O) groups is 5. The second-order valence-corrected chi connectivity index (χ2v) is 8.55. The molecule has 0 saturated carbocycles. The number of nitrogens with two attached hydrogens (primary N) is 1. The van der Waals surface area contributed by atoms with Gasteiger partial charge in [0.25, 0.3) is 0 Å². The lowest BCUT2D eigenvalue weighted by Gasteiger charge is -2.24. The second-order valence-electron chi connectivity index (χ2n) is 7.56. The fraction of sp³-hybridized carbons (Fsp3) is 0.476. The van der Waals surface area contributed by atoms with E-state index in [4.69, 9.17) is 10.8 Å². The zero-order valence-electron chi connectivity index (χ0n) is 19.0. The molecule has 0 saturated heterocycles. The van der Waals surface area contributed by atoms with E-state index in [0.717, 1.165) is 0 Å². The van der Waals surface area contributed by atoms with Crippen molar-refractivity contribution in [2.24, 2.45) is 5.73 Å². The maximum absolute atomic E-state index is 12.8. The van der Waals surface area contributed by atoms with Crippen molar-refractivity contribution < 1.29 is 44.4 Å². The highest BCUT2D eigenvalue weighted by Gasteiger charge is 2.31. The molecule has 0 spiro atoms. The Balaban J connectivity index is 3.03. The Bertz CT molecular complexity index is 897. The van der Waals surface area contributed by atoms with Crippen LogP contribution in [0, 0.1) is 0 Å². The first-order valence-electron chi connectivity index (χ1n) is 10.5. The number of phenols is 1. The lowest BCUT2D eigenvalue weighted by Crippen LogP contribution is -2.58. The van der Waals surface area contributed by atoms with Gasteiger partial charge in [0.15, 0.2) is 0 Å². The van der Waals surface area contributed by atoms with Gasteiger partial charge in [-0.05, 0) is 36.1 Å². The van der Waals surface area contributed by atoms with E-state index in [1.807, 2.05) is 6.26 Å². The molecule has 1 aromatic rings. The van der Waals surface area contributed by atoms with Crippen molar-refractivity contribution in [1.29, 1.82) is 0 Å². The van der Waals surface area contributed by atoms with Gasteiger partial charge in [-0.3, -0.25) is 19.2 Å². The second kappa shape index (κ2) is 14.8. The molecule has 0 heterocycles. The van der Waals surface area contributed by atoms with Gasteiger partial charge in [0.1, 0.15) is 23.9 Å². The van der Waals surface area contributed by atoms with E-state index < -0.39 is 66.9 Å². The lowest BCUT2D eigenvalue weighted by atomic mass is 10.0. The molecule has 0 aliphatic carbocycles. The van der Waals surface area contributed by atoms with Crippen LogP contribution in [-0.2, 0) is 30.4 Å². The molecular formula is C21H30N4O9S. The molecule has 35 heavy (non-hydrogen) atoms. The van der Waals surface area contributed by atoms with Gasteiger partial charge in [0.2, 0.25) is 17.7 Å². The van der Waals surface area contributed by atoms with E-state index in [9.17, 15) is 39.3 Å². The first-order chi connectivity index (χ1) is 16.5. The van der Waals surface area contributed by atoms with Gasteiger partial charge >= 0.3 is 11.9 Å². The van der Waals surface area contributed by atoms with Gasteiger partial charge in [-0.2, -0.15) is 11.8 Å². The third kappa shape index (κ3) is 10.6. The van der Waals surface area contributed by atoms with E-state index in [1.165, 1.54) is 36.0 Å². The maximum Gasteiger partial charge on any atom is 0.326 e. The molecule has 194 valence electrons. The molecule has 14 heteroatoms. The van der Waals surface area contributed by atoms with Crippen molar-refractivity contribution >= 4 is 41.4 Å². The van der Waals surface area contributed by atoms with Gasteiger partial charge in [-0.1, -0.05) is 12.1 Å². The Hall–Kier alpha value is -3.36. The molecule has 4 unspecified atom stereocenters. The van der Waals surface area contributed by atoms with Crippen LogP contribution in [-0.4, -0.2) is 92.9 Å². The summed E-state index contributed by atoms with van der Waals surface area (Å²) < 4.78 is 0. The zero-order chi connectivity index (χ0) is 26.5. The molecule has 1 rings (SSSR count). The van der Waals surface area contributed by atoms with Crippen molar-refractivity contribution in [3.8, 4) is 5.75 Å². The van der Waals surface area contributed by atoms with Crippen molar-refractivity contribution in [3.63, 3.8) is 0 Å². The molecule has 0 aliphatic heterocycles. The van der Waals surface area contributed by atoms with Crippen LogP contribution >= 0.6 is 11.8 Å². The molecule has 0 aliphatic rings. The minimum absolute atomic E-state index is 0.0490. The van der Waals surface area contributed by atoms with Crippen LogP contribution in [0.3, 0.4) is 0 Å². The lowest BCUT2D eigenvalue weighted by molar-refractivity contribution is -0.147. The predicted octanol–water partition coefficient (Wildman–Crippen LogP) is -1.98. The number of benzene rings is 1. The fourth-order valence-electron chi connectivity index (χ4n) is 2.85. The van der Waals surface area contributed by atoms with Crippen molar-refractivity contribution in [3.05, 3.63) is 29.8 Å². The number of phenolic OH excluding ortho intramolecular Hbond substituents is 1. The number of hydrogen-bond acceptors (Lipinski definition) is 9. The van der Waals surface area contributed by atoms with Gasteiger partial charge in [0.05, 0.1) is 19.1 Å². The highest BCUT2D eigenvalue weighted by atomic mass is 32.2. The number of aliphatic hydroxyl groups is 1. The number of aliphatic hydroxyl groups excluding tert-OH is 1. The van der Waals surface area contributed by atoms with Gasteiger partial charge in [0, 0.05) is 6.42 Å². The summed E-state index contributed by atoms with van der Waals surface area (Å²) in [5.74, 6) is -5.12. The van der Waals surface area contributed by atoms with E-state index in [2.05, 4.69) is 16.0 Å². The largest absolute Gasteiger partial charge is 0.508 e. The first-order valence-corrected chi connectivity index (χ1v) is 11.9. The Morgan fingerprint density at radius 2 is 1.46 bits per heavy atom. The summed E-state index contributed by atoms with van der Waals surface area (Å²) in [6.07, 6.45) is 1.10. The highest BCUT2D eigenvalue weighted by molar-refractivity contribution is 7.98. The summed E-state index contributed by atoms with van der Waals surface area (Å²) in [5.41, 5.74) is 6.24. The van der Waals surface area contributed by atoms with E-state index in [1.54, 1.807) is 0 Å². The SMILES string of the molecule is CSCCC(N)C(=O)NC(CO)C(=O)NC(Cc1ccc(O)cc1)C(=O)NC(CC(=O)O)C(=O)O. The quantitative estimate of drug-likeness (QED) is 0.128. The summed E-state index contributed by atoms with van der Waals surface area (Å²) in [4.78, 5) is 60.0. The van der Waals surface area contributed by atoms with Crippen LogP contribution < -0.4 is 21.7 Å². The number of carbonyl (C=O) groups excluding carboxylic acids is 3. The number of aliphatic carboxylic acids is 2. The number of aromatic hydroxyl groups is 1. The summed E-state index contributed by atoms with van der Waals surface area (Å²) in [5, 5.41) is 43.9. The number of carboxylic acid groups (broad SMARTS) is 2. The van der Waals surface area contributed by atoms with Gasteiger partial charge in [-0.25, -0.2) is 4.79 Å². The average molecular weight is 515 g/mol. The Kier molecular flexibility index (Phi) is 12.6. The van der Waals surface area contributed by atoms with E-state index >= 15 is 0 Å². The van der Waals surface area contributed by atoms with Crippen molar-refractivity contribution in [2.45, 2.75) is 43.4 Å². The van der Waals surface area contributed by atoms with Crippen molar-refractivity contribution in [1.82, 2.24) is 16.0 Å². The Morgan fingerprint density at radius 1 is 0.914 bits per heavy atom. The smallest absolute Gasteiger partial charge is 0.326 e. The van der Waals surface area contributed by atoms with Crippen LogP contribution in [0.2, 0.25) is 0 Å². The average Bonchev–Trinajstić information content (AvgIpc) is 2.80. The maximum atomic E-state index is 12.8. The molecule has 0 fully saturated rings. The van der Waals surface area contributed by atoms with Gasteiger partial charge < -0.3 is 42.1 Å².